The van der Waals surface area contributed by atoms with E-state index in [0.717, 1.165) is 12.8 Å². The summed E-state index contributed by atoms with van der Waals surface area (Å²) in [5.41, 5.74) is 5.32. The molecule has 0 amide bonds. The normalized spacial score (nSPS) is 14.8. The van der Waals surface area contributed by atoms with Crippen LogP contribution < -0.4 is 15.2 Å². The summed E-state index contributed by atoms with van der Waals surface area (Å²) < 4.78 is 16.6. The summed E-state index contributed by atoms with van der Waals surface area (Å²) in [4.78, 5) is 50.0. The minimum absolute atomic E-state index is 0.0128. The minimum Gasteiger partial charge on any atom is -0.480 e. The van der Waals surface area contributed by atoms with E-state index in [4.69, 9.17) is 19.9 Å². The fraction of sp³-hybridized carbons (Fsp3) is 0.484. The lowest BCUT2D eigenvalue weighted by Gasteiger charge is -2.28. The Morgan fingerprint density at radius 1 is 0.850 bits per heavy atom. The van der Waals surface area contributed by atoms with Gasteiger partial charge in [-0.2, -0.15) is 0 Å². The molecule has 2 aromatic carbocycles. The Bertz CT molecular complexity index is 1170. The zero-order valence-electron chi connectivity index (χ0n) is 24.0. The van der Waals surface area contributed by atoms with Crippen molar-refractivity contribution in [2.45, 2.75) is 84.8 Å². The van der Waals surface area contributed by atoms with Crippen LogP contribution in [-0.4, -0.2) is 40.6 Å². The highest BCUT2D eigenvalue weighted by Crippen LogP contribution is 2.32. The topological polar surface area (TPSA) is 142 Å². The lowest BCUT2D eigenvalue weighted by Crippen LogP contribution is -2.52. The number of benzene rings is 2. The van der Waals surface area contributed by atoms with E-state index in [0.29, 0.717) is 24.0 Å². The number of esters is 3. The van der Waals surface area contributed by atoms with Gasteiger partial charge in [-0.25, -0.2) is 4.79 Å². The highest BCUT2D eigenvalue weighted by Gasteiger charge is 2.37. The van der Waals surface area contributed by atoms with E-state index in [1.165, 1.54) is 12.1 Å². The van der Waals surface area contributed by atoms with E-state index >= 15 is 0 Å². The predicted molar refractivity (Wildman–Crippen MR) is 150 cm³/mol. The van der Waals surface area contributed by atoms with Gasteiger partial charge in [-0.3, -0.25) is 14.4 Å². The number of nitrogens with two attached hydrogens (primary N) is 1. The molecular formula is C31H41NO8. The monoisotopic (exact) mass is 555 g/mol. The van der Waals surface area contributed by atoms with E-state index in [9.17, 15) is 24.3 Å². The second-order valence-electron chi connectivity index (χ2n) is 10.4. The van der Waals surface area contributed by atoms with Gasteiger partial charge in [0.25, 0.3) is 0 Å². The maximum atomic E-state index is 12.7. The largest absolute Gasteiger partial charge is 0.480 e. The molecule has 40 heavy (non-hydrogen) atoms. The van der Waals surface area contributed by atoms with Crippen LogP contribution in [0.25, 0.3) is 0 Å². The second kappa shape index (κ2) is 15.2. The molecule has 0 aliphatic heterocycles. The zero-order valence-corrected chi connectivity index (χ0v) is 24.0. The Labute approximate surface area is 236 Å². The number of hydrogen-bond acceptors (Lipinski definition) is 8. The summed E-state index contributed by atoms with van der Waals surface area (Å²) >= 11 is 0. The molecule has 9 nitrogen and oxygen atoms in total. The summed E-state index contributed by atoms with van der Waals surface area (Å²) in [5.74, 6) is -3.47. The highest BCUT2D eigenvalue weighted by atomic mass is 16.6. The van der Waals surface area contributed by atoms with E-state index in [1.807, 2.05) is 13.8 Å². The van der Waals surface area contributed by atoms with E-state index in [-0.39, 0.29) is 36.2 Å². The molecule has 0 saturated heterocycles. The smallest absolute Gasteiger partial charge is 0.338 e. The van der Waals surface area contributed by atoms with Gasteiger partial charge >= 0.3 is 23.9 Å². The molecule has 2 rings (SSSR count). The average molecular weight is 556 g/mol. The van der Waals surface area contributed by atoms with Crippen molar-refractivity contribution in [3.05, 3.63) is 59.7 Å². The van der Waals surface area contributed by atoms with Crippen LogP contribution in [0.3, 0.4) is 0 Å². The molecule has 0 aliphatic carbocycles. The fourth-order valence-corrected chi connectivity index (χ4v) is 4.33. The van der Waals surface area contributed by atoms with Crippen LogP contribution in [0.1, 0.15) is 82.6 Å². The van der Waals surface area contributed by atoms with Crippen LogP contribution >= 0.6 is 0 Å². The molecule has 4 atom stereocenters. The third-order valence-electron chi connectivity index (χ3n) is 6.59. The van der Waals surface area contributed by atoms with Crippen molar-refractivity contribution in [3.63, 3.8) is 0 Å². The quantitative estimate of drug-likeness (QED) is 0.220. The first-order valence-corrected chi connectivity index (χ1v) is 13.7. The number of hydrogen-bond donors (Lipinski definition) is 2. The molecule has 0 bridgehead atoms. The van der Waals surface area contributed by atoms with Crippen molar-refractivity contribution in [1.29, 1.82) is 0 Å². The molecule has 0 saturated carbocycles. The maximum absolute atomic E-state index is 12.7. The van der Waals surface area contributed by atoms with Gasteiger partial charge in [-0.05, 0) is 49.6 Å². The van der Waals surface area contributed by atoms with Crippen molar-refractivity contribution in [3.8, 4) is 11.5 Å². The first-order valence-electron chi connectivity index (χ1n) is 13.7. The summed E-state index contributed by atoms with van der Waals surface area (Å²) in [5, 5.41) is 10.0. The molecule has 0 heterocycles. The molecule has 0 spiro atoms. The van der Waals surface area contributed by atoms with Crippen LogP contribution in [0, 0.1) is 11.8 Å². The van der Waals surface area contributed by atoms with Gasteiger partial charge in [0.2, 0.25) is 0 Å². The standard InChI is InChI=1S/C31H41NO8/c1-6-11-20(3)27(33)39-25-16-15-23(17-26(25)40-28(34)21(4)12-7-2)19-31(32,30(36)37)18-22(5)38-29(35)24-13-9-8-10-14-24/h8-10,13-17,20-22H,6-7,11-12,18-19,32H2,1-5H3,(H,36,37)/t20?,21?,22-,31?/m0/s1. The predicted octanol–water partition coefficient (Wildman–Crippen LogP) is 5.33. The number of carbonyl (C=O) groups is 4. The number of carboxylic acid groups (broad SMARTS) is 1. The first-order chi connectivity index (χ1) is 18.9. The molecule has 2 aromatic rings. The van der Waals surface area contributed by atoms with Gasteiger partial charge in [0, 0.05) is 12.8 Å². The van der Waals surface area contributed by atoms with Crippen LogP contribution in [0.15, 0.2) is 48.5 Å². The Hall–Kier alpha value is -3.72. The average Bonchev–Trinajstić information content (AvgIpc) is 2.90. The van der Waals surface area contributed by atoms with Gasteiger partial charge < -0.3 is 25.1 Å². The van der Waals surface area contributed by atoms with Crippen molar-refractivity contribution in [1.82, 2.24) is 0 Å². The molecule has 0 fully saturated rings. The van der Waals surface area contributed by atoms with Crippen molar-refractivity contribution in [2.24, 2.45) is 17.6 Å². The van der Waals surface area contributed by atoms with Crippen molar-refractivity contribution in [2.75, 3.05) is 0 Å². The first kappa shape index (κ1) is 32.5. The van der Waals surface area contributed by atoms with E-state index < -0.39 is 35.5 Å². The molecular weight excluding hydrogens is 514 g/mol. The lowest BCUT2D eigenvalue weighted by molar-refractivity contribution is -0.144. The Kier molecular flexibility index (Phi) is 12.3. The number of ether oxygens (including phenoxy) is 3. The van der Waals surface area contributed by atoms with E-state index in [1.54, 1.807) is 57.2 Å². The number of aliphatic carboxylic acids is 1. The summed E-state index contributed by atoms with van der Waals surface area (Å²) in [7, 11) is 0. The SMILES string of the molecule is CCCC(C)C(=O)Oc1ccc(CC(N)(C[C@H](C)OC(=O)c2ccccc2)C(=O)O)cc1OC(=O)C(C)CCC. The highest BCUT2D eigenvalue weighted by molar-refractivity contribution is 5.89. The number of carboxylic acids is 1. The molecule has 0 aromatic heterocycles. The summed E-state index contributed by atoms with van der Waals surface area (Å²) in [6.07, 6.45) is 1.71. The van der Waals surface area contributed by atoms with Crippen molar-refractivity contribution >= 4 is 23.9 Å². The Morgan fingerprint density at radius 2 is 1.40 bits per heavy atom. The Balaban J connectivity index is 2.29. The summed E-state index contributed by atoms with van der Waals surface area (Å²) in [6.45, 7) is 9.01. The molecule has 0 aliphatic rings. The molecule has 9 heteroatoms. The van der Waals surface area contributed by atoms with Gasteiger partial charge in [0.1, 0.15) is 11.6 Å². The fourth-order valence-electron chi connectivity index (χ4n) is 4.33. The second-order valence-corrected chi connectivity index (χ2v) is 10.4. The minimum atomic E-state index is -1.80. The summed E-state index contributed by atoms with van der Waals surface area (Å²) in [6, 6.07) is 12.9. The van der Waals surface area contributed by atoms with Crippen LogP contribution in [-0.2, 0) is 25.5 Å². The zero-order chi connectivity index (χ0) is 29.9. The molecule has 3 unspecified atom stereocenters. The number of carbonyl (C=O) groups excluding carboxylic acids is 3. The van der Waals surface area contributed by atoms with Crippen molar-refractivity contribution < 1.29 is 38.5 Å². The van der Waals surface area contributed by atoms with Crippen LogP contribution in [0.2, 0.25) is 0 Å². The maximum Gasteiger partial charge on any atom is 0.338 e. The third-order valence-corrected chi connectivity index (χ3v) is 6.59. The molecule has 218 valence electrons. The van der Waals surface area contributed by atoms with Crippen LogP contribution in [0.4, 0.5) is 0 Å². The van der Waals surface area contributed by atoms with Gasteiger partial charge in [-0.1, -0.05) is 64.8 Å². The number of rotatable bonds is 15. The van der Waals surface area contributed by atoms with Crippen LogP contribution in [0.5, 0.6) is 11.5 Å². The molecule has 3 N–H and O–H groups in total. The van der Waals surface area contributed by atoms with Gasteiger partial charge in [-0.15, -0.1) is 0 Å². The van der Waals surface area contributed by atoms with E-state index in [2.05, 4.69) is 0 Å². The molecule has 0 radical (unpaired) electrons. The Morgan fingerprint density at radius 3 is 1.93 bits per heavy atom. The lowest BCUT2D eigenvalue weighted by atomic mass is 9.86. The van der Waals surface area contributed by atoms with Gasteiger partial charge in [0.15, 0.2) is 11.5 Å². The van der Waals surface area contributed by atoms with Gasteiger partial charge in [0.05, 0.1) is 17.4 Å². The third kappa shape index (κ3) is 9.48.